The van der Waals surface area contributed by atoms with E-state index in [0.29, 0.717) is 22.1 Å². The molecule has 4 amide bonds. The van der Waals surface area contributed by atoms with Crippen molar-refractivity contribution in [3.05, 3.63) is 57.6 Å². The summed E-state index contributed by atoms with van der Waals surface area (Å²) in [5.41, 5.74) is -0.294. The molecule has 1 aliphatic heterocycles. The summed E-state index contributed by atoms with van der Waals surface area (Å²) < 4.78 is 10.7. The van der Waals surface area contributed by atoms with Gasteiger partial charge in [-0.3, -0.25) is 14.5 Å². The quantitative estimate of drug-likeness (QED) is 0.614. The van der Waals surface area contributed by atoms with Gasteiger partial charge in [-0.05, 0) is 25.1 Å². The van der Waals surface area contributed by atoms with Gasteiger partial charge in [0.2, 0.25) is 5.91 Å². The highest BCUT2D eigenvalue weighted by atomic mass is 35.5. The van der Waals surface area contributed by atoms with Crippen molar-refractivity contribution in [1.82, 2.24) is 15.1 Å². The molecule has 0 spiro atoms. The predicted octanol–water partition coefficient (Wildman–Crippen LogP) is 3.44. The Morgan fingerprint density at radius 1 is 1.16 bits per heavy atom. The average Bonchev–Trinajstić information content (AvgIpc) is 2.96. The van der Waals surface area contributed by atoms with E-state index in [0.717, 1.165) is 10.5 Å². The number of methoxy groups -OCH3 is 2. The SMILES string of the molecule is COc1cccc(CN(C)C(=O)CN2C(=O)NC(C)(c3ccc(Cl)cc3Cl)C2=O)c1OC. The number of hydrogen-bond acceptors (Lipinski definition) is 5. The molecule has 10 heteroatoms. The van der Waals surface area contributed by atoms with Crippen molar-refractivity contribution >= 4 is 41.0 Å². The normalized spacial score (nSPS) is 17.9. The molecule has 1 heterocycles. The average molecular weight is 480 g/mol. The van der Waals surface area contributed by atoms with Crippen LogP contribution in [0.5, 0.6) is 11.5 Å². The number of nitrogens with zero attached hydrogens (tertiary/aromatic N) is 2. The lowest BCUT2D eigenvalue weighted by Crippen LogP contribution is -2.43. The molecule has 8 nitrogen and oxygen atoms in total. The molecule has 0 radical (unpaired) electrons. The summed E-state index contributed by atoms with van der Waals surface area (Å²) in [7, 11) is 4.62. The van der Waals surface area contributed by atoms with Crippen molar-refractivity contribution in [3.8, 4) is 11.5 Å². The third-order valence-corrected chi connectivity index (χ3v) is 5.90. The van der Waals surface area contributed by atoms with Crippen LogP contribution in [0.15, 0.2) is 36.4 Å². The number of likely N-dealkylation sites (N-methyl/N-ethyl adjacent to an activating group) is 1. The van der Waals surface area contributed by atoms with Crippen molar-refractivity contribution in [2.45, 2.75) is 19.0 Å². The molecule has 32 heavy (non-hydrogen) atoms. The minimum absolute atomic E-state index is 0.198. The molecule has 170 valence electrons. The molecule has 2 aromatic carbocycles. The van der Waals surface area contributed by atoms with Gasteiger partial charge in [0.25, 0.3) is 5.91 Å². The van der Waals surface area contributed by atoms with Crippen molar-refractivity contribution in [1.29, 1.82) is 0 Å². The van der Waals surface area contributed by atoms with Gasteiger partial charge in [0.1, 0.15) is 12.1 Å². The second-order valence-corrected chi connectivity index (χ2v) is 8.32. The fourth-order valence-electron chi connectivity index (χ4n) is 3.60. The van der Waals surface area contributed by atoms with Crippen molar-refractivity contribution in [2.24, 2.45) is 0 Å². The Labute approximate surface area is 196 Å². The molecule has 0 aliphatic carbocycles. The summed E-state index contributed by atoms with van der Waals surface area (Å²) in [6, 6.07) is 9.31. The third kappa shape index (κ3) is 4.33. The fourth-order valence-corrected chi connectivity index (χ4v) is 4.19. The molecule has 3 rings (SSSR count). The lowest BCUT2D eigenvalue weighted by molar-refractivity contribution is -0.138. The number of halogens is 2. The smallest absolute Gasteiger partial charge is 0.325 e. The van der Waals surface area contributed by atoms with E-state index in [2.05, 4.69) is 5.32 Å². The van der Waals surface area contributed by atoms with E-state index in [1.807, 2.05) is 0 Å². The number of hydrogen-bond donors (Lipinski definition) is 1. The number of para-hydroxylation sites is 1. The highest BCUT2D eigenvalue weighted by Gasteiger charge is 2.50. The molecule has 0 saturated carbocycles. The van der Waals surface area contributed by atoms with E-state index in [4.69, 9.17) is 32.7 Å². The monoisotopic (exact) mass is 479 g/mol. The van der Waals surface area contributed by atoms with Gasteiger partial charge < -0.3 is 19.7 Å². The van der Waals surface area contributed by atoms with Crippen LogP contribution >= 0.6 is 23.2 Å². The Morgan fingerprint density at radius 2 is 1.88 bits per heavy atom. The summed E-state index contributed by atoms with van der Waals surface area (Å²) in [6.07, 6.45) is 0. The Hall–Kier alpha value is -2.97. The molecule has 1 unspecified atom stereocenters. The molecule has 1 atom stereocenters. The Morgan fingerprint density at radius 3 is 2.50 bits per heavy atom. The minimum Gasteiger partial charge on any atom is -0.493 e. The molecule has 0 bridgehead atoms. The first kappa shape index (κ1) is 23.7. The summed E-state index contributed by atoms with van der Waals surface area (Å²) in [5.74, 6) is 0.0439. The second kappa shape index (κ2) is 9.26. The summed E-state index contributed by atoms with van der Waals surface area (Å²) in [4.78, 5) is 40.8. The highest BCUT2D eigenvalue weighted by Crippen LogP contribution is 2.35. The maximum absolute atomic E-state index is 13.1. The maximum Gasteiger partial charge on any atom is 0.325 e. The summed E-state index contributed by atoms with van der Waals surface area (Å²) in [5, 5.41) is 3.28. The number of rotatable bonds is 7. The van der Waals surface area contributed by atoms with Crippen LogP contribution in [-0.2, 0) is 21.7 Å². The van der Waals surface area contributed by atoms with Crippen molar-refractivity contribution in [3.63, 3.8) is 0 Å². The van der Waals surface area contributed by atoms with Gasteiger partial charge in [-0.2, -0.15) is 0 Å². The second-order valence-electron chi connectivity index (χ2n) is 7.47. The van der Waals surface area contributed by atoms with Gasteiger partial charge in [0.05, 0.1) is 14.2 Å². The maximum atomic E-state index is 13.1. The zero-order valence-electron chi connectivity index (χ0n) is 18.1. The molecular weight excluding hydrogens is 457 g/mol. The molecule has 1 fully saturated rings. The Kier molecular flexibility index (Phi) is 6.85. The predicted molar refractivity (Wildman–Crippen MR) is 120 cm³/mol. The van der Waals surface area contributed by atoms with E-state index in [9.17, 15) is 14.4 Å². The number of amides is 4. The third-order valence-electron chi connectivity index (χ3n) is 5.36. The van der Waals surface area contributed by atoms with Crippen molar-refractivity contribution < 1.29 is 23.9 Å². The largest absolute Gasteiger partial charge is 0.493 e. The minimum atomic E-state index is -1.41. The first-order valence-corrected chi connectivity index (χ1v) is 10.4. The van der Waals surface area contributed by atoms with Crippen LogP contribution < -0.4 is 14.8 Å². The number of carbonyl (C=O) groups is 3. The summed E-state index contributed by atoms with van der Waals surface area (Å²) in [6.45, 7) is 1.31. The zero-order valence-corrected chi connectivity index (χ0v) is 19.6. The van der Waals surface area contributed by atoms with Gasteiger partial charge in [-0.25, -0.2) is 4.79 Å². The standard InChI is InChI=1S/C22H23Cl2N3O5/c1-22(15-9-8-14(23)10-16(15)24)20(29)27(21(30)25-22)12-18(28)26(2)11-13-6-5-7-17(31-3)19(13)32-4/h5-10H,11-12H2,1-4H3,(H,25,30). The zero-order chi connectivity index (χ0) is 23.6. The van der Waals surface area contributed by atoms with E-state index in [1.165, 1.54) is 32.1 Å². The fraction of sp³-hybridized carbons (Fsp3) is 0.318. The lowest BCUT2D eigenvalue weighted by atomic mass is 9.92. The number of ether oxygens (including phenoxy) is 2. The van der Waals surface area contributed by atoms with E-state index >= 15 is 0 Å². The topological polar surface area (TPSA) is 88.2 Å². The van der Waals surface area contributed by atoms with Gasteiger partial charge in [0.15, 0.2) is 11.5 Å². The van der Waals surface area contributed by atoms with Crippen molar-refractivity contribution in [2.75, 3.05) is 27.8 Å². The van der Waals surface area contributed by atoms with Crippen LogP contribution in [0.4, 0.5) is 4.79 Å². The molecule has 0 aromatic heterocycles. The van der Waals surface area contributed by atoms with Crippen LogP contribution in [0.1, 0.15) is 18.1 Å². The van der Waals surface area contributed by atoms with Gasteiger partial charge >= 0.3 is 6.03 Å². The van der Waals surface area contributed by atoms with Crippen LogP contribution in [0.3, 0.4) is 0 Å². The Bertz CT molecular complexity index is 1080. The molecule has 1 N–H and O–H groups in total. The lowest BCUT2D eigenvalue weighted by Gasteiger charge is -2.24. The molecule has 1 aliphatic rings. The highest BCUT2D eigenvalue weighted by molar-refractivity contribution is 6.35. The van der Waals surface area contributed by atoms with Crippen LogP contribution in [0.2, 0.25) is 10.0 Å². The van der Waals surface area contributed by atoms with Crippen LogP contribution in [0, 0.1) is 0 Å². The molecule has 2 aromatic rings. The van der Waals surface area contributed by atoms with E-state index in [1.54, 1.807) is 37.4 Å². The number of imide groups is 1. The van der Waals surface area contributed by atoms with Gasteiger partial charge in [-0.1, -0.05) is 41.4 Å². The van der Waals surface area contributed by atoms with E-state index < -0.39 is 29.9 Å². The molecular formula is C22H23Cl2N3O5. The van der Waals surface area contributed by atoms with E-state index in [-0.39, 0.29) is 11.6 Å². The van der Waals surface area contributed by atoms with Crippen LogP contribution in [0.25, 0.3) is 0 Å². The molecule has 1 saturated heterocycles. The number of carbonyl (C=O) groups excluding carboxylic acids is 3. The van der Waals surface area contributed by atoms with Crippen LogP contribution in [-0.4, -0.2) is 55.5 Å². The first-order valence-electron chi connectivity index (χ1n) is 9.65. The number of benzene rings is 2. The summed E-state index contributed by atoms with van der Waals surface area (Å²) >= 11 is 12.2. The Balaban J connectivity index is 1.76. The number of urea groups is 1. The van der Waals surface area contributed by atoms with Gasteiger partial charge in [-0.15, -0.1) is 0 Å². The number of nitrogens with one attached hydrogen (secondary N) is 1. The van der Waals surface area contributed by atoms with Gasteiger partial charge in [0, 0.05) is 34.8 Å². The first-order chi connectivity index (χ1) is 15.1.